The van der Waals surface area contributed by atoms with E-state index in [0.29, 0.717) is 19.5 Å². The lowest BCUT2D eigenvalue weighted by atomic mass is 9.97. The van der Waals surface area contributed by atoms with Crippen molar-refractivity contribution in [1.82, 2.24) is 5.06 Å². The number of nitrogens with zero attached hydrogens (tertiary/aromatic N) is 2. The number of hydroxylamine groups is 2. The number of hydrogen-bond acceptors (Lipinski definition) is 5. The Kier molecular flexibility index (Phi) is 10.9. The lowest BCUT2D eigenvalue weighted by molar-refractivity contribution is -0.177. The van der Waals surface area contributed by atoms with E-state index in [1.54, 1.807) is 0 Å². The van der Waals surface area contributed by atoms with Gasteiger partial charge in [0, 0.05) is 0 Å². The van der Waals surface area contributed by atoms with Crippen LogP contribution in [0.2, 0.25) is 0 Å². The molecule has 0 bridgehead atoms. The third kappa shape index (κ3) is 9.53. The normalized spacial score (nSPS) is 14.8. The van der Waals surface area contributed by atoms with Crippen LogP contribution in [0.5, 0.6) is 0 Å². The summed E-state index contributed by atoms with van der Waals surface area (Å²) < 4.78 is 0. The molecule has 0 saturated heterocycles. The van der Waals surface area contributed by atoms with Crippen molar-refractivity contribution in [2.45, 2.75) is 77.6 Å². The zero-order valence-corrected chi connectivity index (χ0v) is 14.9. The third-order valence-electron chi connectivity index (χ3n) is 4.28. The highest BCUT2D eigenvalue weighted by molar-refractivity contribution is 5.79. The molecule has 0 aromatic rings. The topological polar surface area (TPSA) is 79.2 Å². The van der Waals surface area contributed by atoms with Gasteiger partial charge in [-0.1, -0.05) is 64.7 Å². The van der Waals surface area contributed by atoms with E-state index in [-0.39, 0.29) is 6.42 Å². The minimum Gasteiger partial charge on any atom is -0.481 e. The first-order valence-electron chi connectivity index (χ1n) is 9.33. The standard InChI is InChI=1S/C18H32N2O4/c1-2-3-4-5-6-7-8-9-10-11-16(14-17(21)22)18(23)24-20-13-12-19-15-20/h15-16H,2-14H2,1H3,(H,21,22). The molecule has 1 atom stereocenters. The van der Waals surface area contributed by atoms with Crippen LogP contribution in [0.3, 0.4) is 0 Å². The lowest BCUT2D eigenvalue weighted by Crippen LogP contribution is -2.30. The van der Waals surface area contributed by atoms with Crippen LogP contribution in [-0.2, 0) is 14.4 Å². The lowest BCUT2D eigenvalue weighted by Gasteiger charge is -2.18. The average molecular weight is 340 g/mol. The number of aliphatic imine (C=N–C) groups is 1. The van der Waals surface area contributed by atoms with Gasteiger partial charge in [0.2, 0.25) is 0 Å². The number of rotatable bonds is 14. The van der Waals surface area contributed by atoms with E-state index in [0.717, 1.165) is 19.3 Å². The van der Waals surface area contributed by atoms with Gasteiger partial charge in [-0.3, -0.25) is 9.79 Å². The number of carbonyl (C=O) groups excluding carboxylic acids is 1. The highest BCUT2D eigenvalue weighted by Gasteiger charge is 2.25. The van der Waals surface area contributed by atoms with Crippen LogP contribution >= 0.6 is 0 Å². The molecule has 0 aromatic carbocycles. The maximum Gasteiger partial charge on any atom is 0.336 e. The molecule has 0 fully saturated rings. The Morgan fingerprint density at radius 3 is 2.29 bits per heavy atom. The monoisotopic (exact) mass is 340 g/mol. The Balaban J connectivity index is 2.16. The predicted octanol–water partition coefficient (Wildman–Crippen LogP) is 3.80. The van der Waals surface area contributed by atoms with E-state index in [1.165, 1.54) is 49.9 Å². The molecule has 0 amide bonds. The molecule has 1 rings (SSSR count). The summed E-state index contributed by atoms with van der Waals surface area (Å²) in [4.78, 5) is 32.2. The van der Waals surface area contributed by atoms with Gasteiger partial charge < -0.3 is 9.94 Å². The van der Waals surface area contributed by atoms with Crippen LogP contribution < -0.4 is 0 Å². The summed E-state index contributed by atoms with van der Waals surface area (Å²) >= 11 is 0. The Bertz CT molecular complexity index is 398. The fourth-order valence-electron chi connectivity index (χ4n) is 2.84. The molecule has 1 heterocycles. The Hall–Kier alpha value is -1.59. The highest BCUT2D eigenvalue weighted by Crippen LogP contribution is 2.18. The van der Waals surface area contributed by atoms with Crippen molar-refractivity contribution in [3.05, 3.63) is 0 Å². The summed E-state index contributed by atoms with van der Waals surface area (Å²) in [6, 6.07) is 0. The summed E-state index contributed by atoms with van der Waals surface area (Å²) in [5.74, 6) is -1.98. The minimum atomic E-state index is -0.956. The molecule has 0 aromatic heterocycles. The molecule has 138 valence electrons. The number of hydrogen-bond donors (Lipinski definition) is 1. The quantitative estimate of drug-likeness (QED) is 0.487. The third-order valence-corrected chi connectivity index (χ3v) is 4.28. The average Bonchev–Trinajstić information content (AvgIpc) is 3.04. The molecule has 1 unspecified atom stereocenters. The molecule has 24 heavy (non-hydrogen) atoms. The van der Waals surface area contributed by atoms with Crippen molar-refractivity contribution < 1.29 is 19.5 Å². The van der Waals surface area contributed by atoms with Gasteiger partial charge in [0.1, 0.15) is 6.34 Å². The maximum atomic E-state index is 12.1. The van der Waals surface area contributed by atoms with Gasteiger partial charge in [-0.25, -0.2) is 4.79 Å². The molecule has 6 nitrogen and oxygen atoms in total. The molecule has 6 heteroatoms. The zero-order valence-electron chi connectivity index (χ0n) is 14.9. The molecule has 1 aliphatic rings. The molecule has 0 saturated carbocycles. The fourth-order valence-corrected chi connectivity index (χ4v) is 2.84. The van der Waals surface area contributed by atoms with Crippen LogP contribution in [0, 0.1) is 5.92 Å². The number of carbonyl (C=O) groups is 2. The van der Waals surface area contributed by atoms with Crippen LogP contribution in [0.15, 0.2) is 4.99 Å². The van der Waals surface area contributed by atoms with Crippen molar-refractivity contribution in [3.63, 3.8) is 0 Å². The van der Waals surface area contributed by atoms with Crippen molar-refractivity contribution in [2.75, 3.05) is 13.1 Å². The summed E-state index contributed by atoms with van der Waals surface area (Å²) in [6.45, 7) is 3.37. The second-order valence-electron chi connectivity index (χ2n) is 6.48. The van der Waals surface area contributed by atoms with E-state index in [1.807, 2.05) is 0 Å². The predicted molar refractivity (Wildman–Crippen MR) is 93.7 cm³/mol. The number of carboxylic acids is 1. The Morgan fingerprint density at radius 2 is 1.75 bits per heavy atom. The first-order valence-corrected chi connectivity index (χ1v) is 9.33. The number of unbranched alkanes of at least 4 members (excludes halogenated alkanes) is 8. The van der Waals surface area contributed by atoms with Crippen molar-refractivity contribution >= 4 is 18.3 Å². The van der Waals surface area contributed by atoms with Gasteiger partial charge in [-0.2, -0.15) is 5.06 Å². The first-order chi connectivity index (χ1) is 11.6. The van der Waals surface area contributed by atoms with Crippen molar-refractivity contribution in [2.24, 2.45) is 10.9 Å². The van der Waals surface area contributed by atoms with E-state index < -0.39 is 17.9 Å². The van der Waals surface area contributed by atoms with Crippen molar-refractivity contribution in [3.8, 4) is 0 Å². The number of aliphatic carboxylic acids is 1. The summed E-state index contributed by atoms with van der Waals surface area (Å²) in [5, 5.41) is 10.4. The second-order valence-corrected chi connectivity index (χ2v) is 6.48. The van der Waals surface area contributed by atoms with Crippen LogP contribution in [0.1, 0.15) is 77.6 Å². The summed E-state index contributed by atoms with van der Waals surface area (Å²) in [5.41, 5.74) is 0. The van der Waals surface area contributed by atoms with E-state index in [4.69, 9.17) is 9.94 Å². The molecule has 0 aliphatic carbocycles. The molecule has 0 spiro atoms. The zero-order chi connectivity index (χ0) is 17.6. The number of carboxylic acid groups (broad SMARTS) is 1. The smallest absolute Gasteiger partial charge is 0.336 e. The molecule has 1 N–H and O–H groups in total. The SMILES string of the molecule is CCCCCCCCCCCC(CC(=O)O)C(=O)ON1C=NCC1. The van der Waals surface area contributed by atoms with Gasteiger partial charge in [0.05, 0.1) is 25.4 Å². The van der Waals surface area contributed by atoms with Crippen LogP contribution in [-0.4, -0.2) is 41.5 Å². The van der Waals surface area contributed by atoms with E-state index >= 15 is 0 Å². The Labute approximate surface area is 145 Å². The van der Waals surface area contributed by atoms with E-state index in [2.05, 4.69) is 11.9 Å². The van der Waals surface area contributed by atoms with E-state index in [9.17, 15) is 9.59 Å². The largest absolute Gasteiger partial charge is 0.481 e. The van der Waals surface area contributed by atoms with Gasteiger partial charge in [0.25, 0.3) is 0 Å². The second kappa shape index (κ2) is 12.8. The van der Waals surface area contributed by atoms with Gasteiger partial charge in [-0.15, -0.1) is 0 Å². The molecular formula is C18H32N2O4. The summed E-state index contributed by atoms with van der Waals surface area (Å²) in [6.07, 6.45) is 12.7. The summed E-state index contributed by atoms with van der Waals surface area (Å²) in [7, 11) is 0. The van der Waals surface area contributed by atoms with Crippen LogP contribution in [0.25, 0.3) is 0 Å². The fraction of sp³-hybridized carbons (Fsp3) is 0.833. The minimum absolute atomic E-state index is 0.166. The Morgan fingerprint density at radius 1 is 1.12 bits per heavy atom. The molecule has 1 aliphatic heterocycles. The first kappa shape index (κ1) is 20.5. The van der Waals surface area contributed by atoms with Gasteiger partial charge in [0.15, 0.2) is 0 Å². The van der Waals surface area contributed by atoms with Gasteiger partial charge in [-0.05, 0) is 6.42 Å². The molecule has 0 radical (unpaired) electrons. The highest BCUT2D eigenvalue weighted by atomic mass is 16.7. The van der Waals surface area contributed by atoms with Crippen molar-refractivity contribution in [1.29, 1.82) is 0 Å². The molecular weight excluding hydrogens is 308 g/mol. The maximum absolute atomic E-state index is 12.1. The van der Waals surface area contributed by atoms with Gasteiger partial charge >= 0.3 is 11.9 Å². The van der Waals surface area contributed by atoms with Crippen LogP contribution in [0.4, 0.5) is 0 Å².